The molecule has 142 valence electrons. The molecule has 0 radical (unpaired) electrons. The topological polar surface area (TPSA) is 76.9 Å². The van der Waals surface area contributed by atoms with E-state index < -0.39 is 10.0 Å². The van der Waals surface area contributed by atoms with Crippen molar-refractivity contribution in [1.29, 1.82) is 0 Å². The van der Waals surface area contributed by atoms with E-state index in [1.54, 1.807) is 29.9 Å². The number of anilines is 1. The summed E-state index contributed by atoms with van der Waals surface area (Å²) < 4.78 is 30.8. The van der Waals surface area contributed by atoms with Gasteiger partial charge in [-0.3, -0.25) is 9.71 Å². The number of fused-ring (bicyclic) bond motifs is 1. The molecule has 0 saturated carbocycles. The number of hydrogen-bond acceptors (Lipinski definition) is 4. The molecule has 7 heteroatoms. The third kappa shape index (κ3) is 3.14. The van der Waals surface area contributed by atoms with Crippen LogP contribution in [0.3, 0.4) is 0 Å². The highest BCUT2D eigenvalue weighted by atomic mass is 32.2. The predicted octanol–water partition coefficient (Wildman–Crippen LogP) is 4.15. The minimum Gasteiger partial charge on any atom is -0.276 e. The number of benzene rings is 2. The van der Waals surface area contributed by atoms with Gasteiger partial charge in [-0.2, -0.15) is 5.10 Å². The van der Waals surface area contributed by atoms with Crippen molar-refractivity contribution in [2.24, 2.45) is 0 Å². The molecule has 0 unspecified atom stereocenters. The molecule has 2 aromatic heterocycles. The first-order chi connectivity index (χ1) is 13.4. The number of para-hydroxylation sites is 2. The van der Waals surface area contributed by atoms with Gasteiger partial charge in [-0.1, -0.05) is 30.3 Å². The van der Waals surface area contributed by atoms with Gasteiger partial charge in [0, 0.05) is 11.6 Å². The van der Waals surface area contributed by atoms with E-state index in [1.807, 2.05) is 56.3 Å². The quantitative estimate of drug-likeness (QED) is 0.566. The van der Waals surface area contributed by atoms with Crippen molar-refractivity contribution in [3.8, 4) is 5.69 Å². The molecule has 1 N–H and O–H groups in total. The van der Waals surface area contributed by atoms with Gasteiger partial charge in [0.15, 0.2) is 0 Å². The second-order valence-corrected chi connectivity index (χ2v) is 8.39. The van der Waals surface area contributed by atoms with Crippen LogP contribution in [0.4, 0.5) is 5.69 Å². The Balaban J connectivity index is 1.79. The second-order valence-electron chi connectivity index (χ2n) is 6.74. The Bertz CT molecular complexity index is 1280. The van der Waals surface area contributed by atoms with Crippen LogP contribution in [-0.4, -0.2) is 23.2 Å². The summed E-state index contributed by atoms with van der Waals surface area (Å²) in [5.74, 6) is 0. The Labute approximate surface area is 163 Å². The van der Waals surface area contributed by atoms with Gasteiger partial charge in [-0.15, -0.1) is 0 Å². The average molecular weight is 392 g/mol. The largest absolute Gasteiger partial charge is 0.276 e. The molecule has 6 nitrogen and oxygen atoms in total. The van der Waals surface area contributed by atoms with E-state index in [-0.39, 0.29) is 4.90 Å². The van der Waals surface area contributed by atoms with E-state index in [0.29, 0.717) is 16.9 Å². The molecule has 0 saturated heterocycles. The normalized spacial score (nSPS) is 11.7. The smallest absolute Gasteiger partial charge is 0.264 e. The Kier molecular flexibility index (Phi) is 4.39. The molecule has 0 fully saturated rings. The summed E-state index contributed by atoms with van der Waals surface area (Å²) in [6, 6.07) is 16.7. The van der Waals surface area contributed by atoms with Gasteiger partial charge in [0.1, 0.15) is 4.90 Å². The van der Waals surface area contributed by atoms with Crippen molar-refractivity contribution < 1.29 is 8.42 Å². The molecule has 0 spiro atoms. The van der Waals surface area contributed by atoms with Crippen LogP contribution in [0.15, 0.2) is 65.7 Å². The fourth-order valence-corrected chi connectivity index (χ4v) is 4.62. The lowest BCUT2D eigenvalue weighted by atomic mass is 10.2. The van der Waals surface area contributed by atoms with Crippen molar-refractivity contribution >= 4 is 26.6 Å². The highest BCUT2D eigenvalue weighted by molar-refractivity contribution is 7.93. The zero-order valence-corrected chi connectivity index (χ0v) is 16.7. The fraction of sp³-hybridized carbons (Fsp3) is 0.143. The summed E-state index contributed by atoms with van der Waals surface area (Å²) in [6.45, 7) is 5.56. The molecule has 0 amide bonds. The van der Waals surface area contributed by atoms with Crippen LogP contribution in [0, 0.1) is 20.8 Å². The van der Waals surface area contributed by atoms with Crippen LogP contribution < -0.4 is 4.72 Å². The lowest BCUT2D eigenvalue weighted by molar-refractivity contribution is 0.602. The summed E-state index contributed by atoms with van der Waals surface area (Å²) in [7, 11) is -3.83. The Morgan fingerprint density at radius 2 is 1.71 bits per heavy atom. The minimum absolute atomic E-state index is 0.149. The van der Waals surface area contributed by atoms with E-state index >= 15 is 0 Å². The lowest BCUT2D eigenvalue weighted by Crippen LogP contribution is -2.15. The molecule has 0 aliphatic carbocycles. The van der Waals surface area contributed by atoms with E-state index in [9.17, 15) is 8.42 Å². The van der Waals surface area contributed by atoms with Gasteiger partial charge in [0.25, 0.3) is 10.0 Å². The molecule has 2 heterocycles. The first-order valence-electron chi connectivity index (χ1n) is 8.86. The number of rotatable bonds is 4. The van der Waals surface area contributed by atoms with Crippen molar-refractivity contribution in [1.82, 2.24) is 14.8 Å². The van der Waals surface area contributed by atoms with Crippen molar-refractivity contribution in [2.45, 2.75) is 25.7 Å². The lowest BCUT2D eigenvalue weighted by Gasteiger charge is -2.11. The van der Waals surface area contributed by atoms with Gasteiger partial charge in [0.2, 0.25) is 0 Å². The van der Waals surface area contributed by atoms with Gasteiger partial charge in [-0.05, 0) is 50.6 Å². The highest BCUT2D eigenvalue weighted by Crippen LogP contribution is 2.28. The summed E-state index contributed by atoms with van der Waals surface area (Å²) in [5.41, 5.74) is 4.10. The van der Waals surface area contributed by atoms with Crippen LogP contribution in [0.1, 0.15) is 17.0 Å². The maximum Gasteiger partial charge on any atom is 0.264 e. The molecule has 0 aliphatic rings. The number of sulfonamides is 1. The molecular formula is C21H20N4O2S. The second kappa shape index (κ2) is 6.76. The van der Waals surface area contributed by atoms with Crippen LogP contribution in [-0.2, 0) is 10.0 Å². The van der Waals surface area contributed by atoms with E-state index in [2.05, 4.69) is 14.8 Å². The first-order valence-corrected chi connectivity index (χ1v) is 10.3. The number of aryl methyl sites for hydroxylation is 2. The maximum atomic E-state index is 13.2. The molecule has 2 aromatic carbocycles. The zero-order chi connectivity index (χ0) is 19.9. The number of nitrogens with zero attached hydrogens (tertiary/aromatic N) is 3. The number of aromatic nitrogens is 3. The number of hydrogen-bond donors (Lipinski definition) is 1. The van der Waals surface area contributed by atoms with Gasteiger partial charge < -0.3 is 0 Å². The molecular weight excluding hydrogens is 372 g/mol. The summed E-state index contributed by atoms with van der Waals surface area (Å²) in [6.07, 6.45) is 1.67. The van der Waals surface area contributed by atoms with Crippen LogP contribution >= 0.6 is 0 Å². The van der Waals surface area contributed by atoms with Crippen molar-refractivity contribution in [2.75, 3.05) is 4.72 Å². The molecule has 28 heavy (non-hydrogen) atoms. The maximum absolute atomic E-state index is 13.2. The Hall–Kier alpha value is -3.19. The Morgan fingerprint density at radius 1 is 0.964 bits per heavy atom. The van der Waals surface area contributed by atoms with E-state index in [4.69, 9.17) is 0 Å². The van der Waals surface area contributed by atoms with Crippen molar-refractivity contribution in [3.63, 3.8) is 0 Å². The summed E-state index contributed by atoms with van der Waals surface area (Å²) >= 11 is 0. The third-order valence-corrected chi connectivity index (χ3v) is 6.01. The minimum atomic E-state index is -3.83. The van der Waals surface area contributed by atoms with E-state index in [0.717, 1.165) is 22.3 Å². The SMILES string of the molecule is Cc1cnc2c(S(=O)(=O)Nc3c(C)nn(-c4ccccc4)c3C)cccc2c1. The fourth-order valence-electron chi connectivity index (χ4n) is 3.26. The predicted molar refractivity (Wildman–Crippen MR) is 110 cm³/mol. The number of nitrogens with one attached hydrogen (secondary N) is 1. The van der Waals surface area contributed by atoms with Crippen LogP contribution in [0.2, 0.25) is 0 Å². The van der Waals surface area contributed by atoms with Gasteiger partial charge in [-0.25, -0.2) is 13.1 Å². The molecule has 4 aromatic rings. The Morgan fingerprint density at radius 3 is 2.46 bits per heavy atom. The zero-order valence-electron chi connectivity index (χ0n) is 15.8. The average Bonchev–Trinajstić information content (AvgIpc) is 2.96. The molecule has 4 rings (SSSR count). The first kappa shape index (κ1) is 18.2. The van der Waals surface area contributed by atoms with Crippen molar-refractivity contribution in [3.05, 3.63) is 77.7 Å². The van der Waals surface area contributed by atoms with Crippen LogP contribution in [0.25, 0.3) is 16.6 Å². The number of pyridine rings is 1. The summed E-state index contributed by atoms with van der Waals surface area (Å²) in [5, 5.41) is 5.29. The highest BCUT2D eigenvalue weighted by Gasteiger charge is 2.23. The van der Waals surface area contributed by atoms with Crippen LogP contribution in [0.5, 0.6) is 0 Å². The molecule has 0 aliphatic heterocycles. The third-order valence-electron chi connectivity index (χ3n) is 4.63. The van der Waals surface area contributed by atoms with Gasteiger partial charge >= 0.3 is 0 Å². The standard InChI is InChI=1S/C21H20N4O2S/c1-14-12-17-8-7-11-19(21(17)22-13-14)28(26,27)24-20-15(2)23-25(16(20)3)18-9-5-4-6-10-18/h4-13,24H,1-3H3. The molecule has 0 bridgehead atoms. The monoisotopic (exact) mass is 392 g/mol. The summed E-state index contributed by atoms with van der Waals surface area (Å²) in [4.78, 5) is 4.50. The van der Waals surface area contributed by atoms with Gasteiger partial charge in [0.05, 0.1) is 28.3 Å². The van der Waals surface area contributed by atoms with E-state index in [1.165, 1.54) is 0 Å². The molecule has 0 atom stereocenters.